The fourth-order valence-electron chi connectivity index (χ4n) is 2.97. The van der Waals surface area contributed by atoms with Crippen LogP contribution >= 0.6 is 12.2 Å². The highest BCUT2D eigenvalue weighted by Gasteiger charge is 2.14. The molecule has 3 aromatic rings. The van der Waals surface area contributed by atoms with Gasteiger partial charge in [-0.15, -0.1) is 0 Å². The van der Waals surface area contributed by atoms with Crippen molar-refractivity contribution in [2.45, 2.75) is 33.4 Å². The monoisotopic (exact) mass is 338 g/mol. The topological polar surface area (TPSA) is 41.9 Å². The van der Waals surface area contributed by atoms with E-state index in [1.165, 1.54) is 16.6 Å². The summed E-state index contributed by atoms with van der Waals surface area (Å²) in [4.78, 5) is 0. The van der Waals surface area contributed by atoms with E-state index in [-0.39, 0.29) is 6.04 Å². The maximum absolute atomic E-state index is 5.50. The van der Waals surface area contributed by atoms with Gasteiger partial charge in [-0.25, -0.2) is 0 Å². The lowest BCUT2D eigenvalue weighted by Crippen LogP contribution is -2.31. The van der Waals surface area contributed by atoms with Crippen molar-refractivity contribution >= 4 is 33.8 Å². The largest absolute Gasteiger partial charge is 0.356 e. The van der Waals surface area contributed by atoms with E-state index in [2.05, 4.69) is 54.7 Å². The van der Waals surface area contributed by atoms with E-state index in [1.807, 2.05) is 35.1 Å². The highest BCUT2D eigenvalue weighted by molar-refractivity contribution is 7.80. The normalized spacial score (nSPS) is 12.1. The Hall–Kier alpha value is -2.40. The summed E-state index contributed by atoms with van der Waals surface area (Å²) in [5, 5.41) is 14.0. The van der Waals surface area contributed by atoms with Crippen LogP contribution in [0.15, 0.2) is 48.7 Å². The van der Waals surface area contributed by atoms with E-state index in [9.17, 15) is 0 Å². The standard InChI is InChI=1S/C19H22N4S/c1-4-23-14(3)17(12-20-23)13(2)21-19(24)22-18-11-7-9-15-8-5-6-10-16(15)18/h5-13H,4H2,1-3H3,(H2,21,22,24). The number of anilines is 1. The second-order valence-corrected chi connectivity index (χ2v) is 6.26. The molecule has 124 valence electrons. The Morgan fingerprint density at radius 3 is 2.71 bits per heavy atom. The molecule has 0 aliphatic carbocycles. The third-order valence-electron chi connectivity index (χ3n) is 4.29. The number of hydrogen-bond donors (Lipinski definition) is 2. The van der Waals surface area contributed by atoms with Gasteiger partial charge in [0.05, 0.1) is 12.2 Å². The molecule has 0 saturated carbocycles. The third kappa shape index (κ3) is 3.26. The molecule has 3 rings (SSSR count). The molecule has 0 amide bonds. The molecule has 24 heavy (non-hydrogen) atoms. The smallest absolute Gasteiger partial charge is 0.171 e. The van der Waals surface area contributed by atoms with Crippen molar-refractivity contribution < 1.29 is 0 Å². The Labute approximate surface area is 147 Å². The highest BCUT2D eigenvalue weighted by atomic mass is 32.1. The SMILES string of the molecule is CCn1ncc(C(C)NC(=S)Nc2cccc3ccccc23)c1C. The molecule has 0 fully saturated rings. The average molecular weight is 338 g/mol. The summed E-state index contributed by atoms with van der Waals surface area (Å²) in [6.45, 7) is 7.15. The van der Waals surface area contributed by atoms with E-state index in [0.717, 1.165) is 17.6 Å². The zero-order valence-electron chi connectivity index (χ0n) is 14.2. The summed E-state index contributed by atoms with van der Waals surface area (Å²) in [5.74, 6) is 0. The van der Waals surface area contributed by atoms with Gasteiger partial charge in [-0.3, -0.25) is 4.68 Å². The van der Waals surface area contributed by atoms with Crippen molar-refractivity contribution in [1.82, 2.24) is 15.1 Å². The average Bonchev–Trinajstić information content (AvgIpc) is 2.96. The first-order valence-electron chi connectivity index (χ1n) is 8.17. The molecule has 0 radical (unpaired) electrons. The maximum Gasteiger partial charge on any atom is 0.171 e. The number of hydrogen-bond acceptors (Lipinski definition) is 2. The predicted octanol–water partition coefficient (Wildman–Crippen LogP) is 4.41. The molecule has 0 spiro atoms. The van der Waals surface area contributed by atoms with Crippen LogP contribution in [0.3, 0.4) is 0 Å². The Morgan fingerprint density at radius 2 is 1.96 bits per heavy atom. The number of benzene rings is 2. The van der Waals surface area contributed by atoms with Gasteiger partial charge < -0.3 is 10.6 Å². The first-order chi connectivity index (χ1) is 11.6. The van der Waals surface area contributed by atoms with Gasteiger partial charge in [-0.05, 0) is 44.4 Å². The first kappa shape index (κ1) is 16.5. The molecule has 1 aromatic heterocycles. The summed E-state index contributed by atoms with van der Waals surface area (Å²) < 4.78 is 1.99. The zero-order chi connectivity index (χ0) is 17.1. The van der Waals surface area contributed by atoms with Crippen molar-refractivity contribution in [1.29, 1.82) is 0 Å². The predicted molar refractivity (Wildman–Crippen MR) is 104 cm³/mol. The van der Waals surface area contributed by atoms with Crippen molar-refractivity contribution in [2.75, 3.05) is 5.32 Å². The molecular formula is C19H22N4S. The molecule has 0 bridgehead atoms. The molecule has 2 N–H and O–H groups in total. The Morgan fingerprint density at radius 1 is 1.21 bits per heavy atom. The van der Waals surface area contributed by atoms with Crippen LogP contribution in [0.1, 0.15) is 31.1 Å². The van der Waals surface area contributed by atoms with Gasteiger partial charge in [-0.1, -0.05) is 36.4 Å². The lowest BCUT2D eigenvalue weighted by atomic mass is 10.1. The minimum absolute atomic E-state index is 0.0975. The van der Waals surface area contributed by atoms with Crippen LogP contribution in [0.5, 0.6) is 0 Å². The van der Waals surface area contributed by atoms with Crippen molar-refractivity contribution in [2.24, 2.45) is 0 Å². The van der Waals surface area contributed by atoms with Crippen LogP contribution in [0, 0.1) is 6.92 Å². The van der Waals surface area contributed by atoms with E-state index in [0.29, 0.717) is 5.11 Å². The van der Waals surface area contributed by atoms with Gasteiger partial charge in [0.15, 0.2) is 5.11 Å². The van der Waals surface area contributed by atoms with Crippen LogP contribution in [0.25, 0.3) is 10.8 Å². The molecule has 5 heteroatoms. The Balaban J connectivity index is 1.74. The summed E-state index contributed by atoms with van der Waals surface area (Å²) in [6, 6.07) is 14.5. The van der Waals surface area contributed by atoms with E-state index >= 15 is 0 Å². The summed E-state index contributed by atoms with van der Waals surface area (Å²) in [6.07, 6.45) is 1.91. The van der Waals surface area contributed by atoms with Crippen LogP contribution in [-0.2, 0) is 6.54 Å². The molecule has 4 nitrogen and oxygen atoms in total. The molecule has 2 aromatic carbocycles. The number of thiocarbonyl (C=S) groups is 1. The van der Waals surface area contributed by atoms with Crippen LogP contribution in [-0.4, -0.2) is 14.9 Å². The van der Waals surface area contributed by atoms with E-state index in [4.69, 9.17) is 12.2 Å². The highest BCUT2D eigenvalue weighted by Crippen LogP contribution is 2.23. The van der Waals surface area contributed by atoms with Gasteiger partial charge in [0, 0.05) is 28.9 Å². The van der Waals surface area contributed by atoms with Gasteiger partial charge in [-0.2, -0.15) is 5.10 Å². The van der Waals surface area contributed by atoms with Crippen LogP contribution < -0.4 is 10.6 Å². The quantitative estimate of drug-likeness (QED) is 0.691. The van der Waals surface area contributed by atoms with Crippen molar-refractivity contribution in [3.8, 4) is 0 Å². The maximum atomic E-state index is 5.50. The fraction of sp³-hybridized carbons (Fsp3) is 0.263. The number of nitrogens with one attached hydrogen (secondary N) is 2. The Kier molecular flexibility index (Phi) is 4.81. The number of nitrogens with zero attached hydrogens (tertiary/aromatic N) is 2. The lowest BCUT2D eigenvalue weighted by Gasteiger charge is -2.18. The molecule has 1 heterocycles. The number of aromatic nitrogens is 2. The lowest BCUT2D eigenvalue weighted by molar-refractivity contribution is 0.633. The number of fused-ring (bicyclic) bond motifs is 1. The Bertz CT molecular complexity index is 863. The summed E-state index contributed by atoms with van der Waals surface area (Å²) in [7, 11) is 0. The van der Waals surface area contributed by atoms with Gasteiger partial charge in [0.2, 0.25) is 0 Å². The number of aryl methyl sites for hydroxylation is 1. The molecule has 0 aliphatic rings. The minimum atomic E-state index is 0.0975. The van der Waals surface area contributed by atoms with Gasteiger partial charge in [0.25, 0.3) is 0 Å². The van der Waals surface area contributed by atoms with Crippen molar-refractivity contribution in [3.63, 3.8) is 0 Å². The summed E-state index contributed by atoms with van der Waals surface area (Å²) in [5.41, 5.74) is 3.35. The molecule has 0 aliphatic heterocycles. The second-order valence-electron chi connectivity index (χ2n) is 5.85. The van der Waals surface area contributed by atoms with Crippen LogP contribution in [0.2, 0.25) is 0 Å². The fourth-order valence-corrected chi connectivity index (χ4v) is 3.26. The van der Waals surface area contributed by atoms with E-state index in [1.54, 1.807) is 0 Å². The molecule has 0 saturated heterocycles. The minimum Gasteiger partial charge on any atom is -0.356 e. The van der Waals surface area contributed by atoms with Crippen molar-refractivity contribution in [3.05, 3.63) is 59.9 Å². The first-order valence-corrected chi connectivity index (χ1v) is 8.58. The van der Waals surface area contributed by atoms with Gasteiger partial charge >= 0.3 is 0 Å². The van der Waals surface area contributed by atoms with Gasteiger partial charge in [0.1, 0.15) is 0 Å². The molecule has 1 atom stereocenters. The molecular weight excluding hydrogens is 316 g/mol. The summed E-state index contributed by atoms with van der Waals surface area (Å²) >= 11 is 5.50. The zero-order valence-corrected chi connectivity index (χ0v) is 15.0. The second kappa shape index (κ2) is 7.01. The number of rotatable bonds is 4. The van der Waals surface area contributed by atoms with E-state index < -0.39 is 0 Å². The van der Waals surface area contributed by atoms with Crippen LogP contribution in [0.4, 0.5) is 5.69 Å². The third-order valence-corrected chi connectivity index (χ3v) is 4.51. The molecule has 1 unspecified atom stereocenters.